The van der Waals surface area contributed by atoms with Crippen LogP contribution >= 0.6 is 45.8 Å². The van der Waals surface area contributed by atoms with Crippen LogP contribution in [0.4, 0.5) is 9.59 Å². The van der Waals surface area contributed by atoms with Crippen molar-refractivity contribution in [1.82, 2.24) is 19.8 Å². The summed E-state index contributed by atoms with van der Waals surface area (Å²) in [5.41, 5.74) is 10.7. The number of halogens is 3. The average Bonchev–Trinajstić information content (AvgIpc) is 3.47. The topological polar surface area (TPSA) is 105 Å². The number of ether oxygens (including phenoxy) is 2. The zero-order chi connectivity index (χ0) is 45.8. The molecular formula is C52H61Cl2IN4O5. The van der Waals surface area contributed by atoms with Gasteiger partial charge in [0.25, 0.3) is 0 Å². The van der Waals surface area contributed by atoms with Crippen molar-refractivity contribution in [2.75, 3.05) is 37.2 Å². The molecule has 64 heavy (non-hydrogen) atoms. The van der Waals surface area contributed by atoms with E-state index in [1.165, 1.54) is 27.8 Å². The summed E-state index contributed by atoms with van der Waals surface area (Å²) < 4.78 is 12.2. The first-order valence-electron chi connectivity index (χ1n) is 22.6. The maximum Gasteiger partial charge on any atom is 0.410 e. The Morgan fingerprint density at radius 3 is 1.45 bits per heavy atom. The van der Waals surface area contributed by atoms with Crippen molar-refractivity contribution >= 4 is 81.3 Å². The zero-order valence-electron chi connectivity index (χ0n) is 37.9. The lowest BCUT2D eigenvalue weighted by Crippen LogP contribution is -2.42. The van der Waals surface area contributed by atoms with Crippen molar-refractivity contribution in [2.24, 2.45) is 11.8 Å². The number of carbonyl (C=O) groups excluding carboxylic acids is 2. The Hall–Kier alpha value is -3.97. The maximum absolute atomic E-state index is 12.6. The largest absolute Gasteiger partial charge is 0.444 e. The van der Waals surface area contributed by atoms with Gasteiger partial charge in [-0.25, -0.2) is 9.59 Å². The Labute approximate surface area is 402 Å². The molecule has 0 spiro atoms. The second-order valence-corrected chi connectivity index (χ2v) is 21.2. The first-order chi connectivity index (χ1) is 30.5. The van der Waals surface area contributed by atoms with Crippen LogP contribution in [-0.4, -0.2) is 85.5 Å². The molecule has 2 fully saturated rings. The van der Waals surface area contributed by atoms with Crippen LogP contribution < -0.4 is 0 Å². The molecule has 0 radical (unpaired) electrons. The molecule has 2 aliphatic heterocycles. The fourth-order valence-corrected chi connectivity index (χ4v) is 10.6. The lowest BCUT2D eigenvalue weighted by molar-refractivity contribution is 0.0167. The summed E-state index contributed by atoms with van der Waals surface area (Å²) in [6.07, 6.45) is 12.9. The molecule has 2 aliphatic carbocycles. The predicted molar refractivity (Wildman–Crippen MR) is 267 cm³/mol. The number of aliphatic hydroxyl groups excluding tert-OH is 1. The molecule has 0 saturated carbocycles. The number of alkyl halides is 1. The number of fused-ring (bicyclic) bond motifs is 4. The summed E-state index contributed by atoms with van der Waals surface area (Å²) in [7, 11) is 0. The van der Waals surface area contributed by atoms with E-state index in [9.17, 15) is 14.7 Å². The van der Waals surface area contributed by atoms with Crippen LogP contribution in [-0.2, 0) is 9.47 Å². The molecule has 4 heterocycles. The second kappa shape index (κ2) is 20.7. The number of aliphatic hydroxyl groups is 1. The number of amides is 2. The Bertz CT molecular complexity index is 2210. The lowest BCUT2D eigenvalue weighted by atomic mass is 9.76. The van der Waals surface area contributed by atoms with Gasteiger partial charge in [-0.2, -0.15) is 0 Å². The summed E-state index contributed by atoms with van der Waals surface area (Å²) in [5.74, 6) is 1.02. The predicted octanol–water partition coefficient (Wildman–Crippen LogP) is 12.9. The maximum atomic E-state index is 12.6. The summed E-state index contributed by atoms with van der Waals surface area (Å²) in [5, 5.41) is 11.1. The number of allylic oxidation sites excluding steroid dienone is 1. The lowest BCUT2D eigenvalue weighted by Gasteiger charge is -2.37. The Morgan fingerprint density at radius 1 is 0.672 bits per heavy atom. The van der Waals surface area contributed by atoms with Gasteiger partial charge in [0.15, 0.2) is 0 Å². The molecule has 1 N–H and O–H groups in total. The minimum Gasteiger partial charge on any atom is -0.444 e. The number of carbonyl (C=O) groups is 2. The van der Waals surface area contributed by atoms with Crippen LogP contribution in [0.3, 0.4) is 0 Å². The second-order valence-electron chi connectivity index (χ2n) is 19.2. The number of piperidine rings is 2. The Balaban J connectivity index is 0.000000191. The van der Waals surface area contributed by atoms with Gasteiger partial charge in [0.1, 0.15) is 11.2 Å². The summed E-state index contributed by atoms with van der Waals surface area (Å²) in [4.78, 5) is 38.5. The van der Waals surface area contributed by atoms with Gasteiger partial charge in [0.05, 0.1) is 11.4 Å². The number of benzene rings is 2. The van der Waals surface area contributed by atoms with Gasteiger partial charge in [-0.1, -0.05) is 82.2 Å². The molecule has 4 aromatic rings. The van der Waals surface area contributed by atoms with E-state index in [1.807, 2.05) is 94.1 Å². The van der Waals surface area contributed by atoms with E-state index in [1.54, 1.807) is 0 Å². The first-order valence-corrected chi connectivity index (χ1v) is 24.8. The normalized spacial score (nSPS) is 19.0. The number of rotatable bonds is 6. The number of likely N-dealkylation sites (tertiary alicyclic amines) is 2. The Kier molecular flexibility index (Phi) is 15.5. The SMILES string of the molecule is CC(C)(C)OC(=O)N1CCC(C2c3ccc(Cl)cc3C=C(CCI)c3cccnc32)CC1.CC(C)(C)OC(=O)N1CCC(C2c3ccc(Cl)cc3C=C(CCO)c3cccnc32)CC1. The number of nitrogens with zero attached hydrogens (tertiary/aromatic N) is 4. The Morgan fingerprint density at radius 2 is 1.08 bits per heavy atom. The van der Waals surface area contributed by atoms with Crippen LogP contribution in [0, 0.1) is 11.8 Å². The van der Waals surface area contributed by atoms with Gasteiger partial charge in [-0.05, 0) is 173 Å². The highest BCUT2D eigenvalue weighted by Crippen LogP contribution is 2.47. The van der Waals surface area contributed by atoms with Crippen molar-refractivity contribution in [1.29, 1.82) is 0 Å². The van der Waals surface area contributed by atoms with E-state index >= 15 is 0 Å². The number of hydrogen-bond donors (Lipinski definition) is 1. The molecular weight excluding hydrogens is 958 g/mol. The van der Waals surface area contributed by atoms with Crippen LogP contribution in [0.15, 0.2) is 73.1 Å². The third-order valence-corrected chi connectivity index (χ3v) is 13.5. The third-order valence-electron chi connectivity index (χ3n) is 12.5. The van der Waals surface area contributed by atoms with E-state index in [0.29, 0.717) is 49.5 Å². The summed E-state index contributed by atoms with van der Waals surface area (Å²) in [6.45, 7) is 14.2. The number of aromatic nitrogens is 2. The smallest absolute Gasteiger partial charge is 0.410 e. The van der Waals surface area contributed by atoms with Crippen LogP contribution in [0.2, 0.25) is 10.0 Å². The molecule has 8 rings (SSSR count). The van der Waals surface area contributed by atoms with Crippen molar-refractivity contribution < 1.29 is 24.2 Å². The number of pyridine rings is 2. The highest BCUT2D eigenvalue weighted by Gasteiger charge is 2.38. The van der Waals surface area contributed by atoms with Gasteiger partial charge < -0.3 is 24.4 Å². The third kappa shape index (κ3) is 11.5. The standard InChI is InChI=1S/C26H30ClIN2O2.C26H31ClN2O3/c1-26(2,3)32-25(31)30-13-9-17(10-14-30)23-21-7-6-20(27)16-19(21)15-18(8-11-28)22-5-4-12-29-24(22)23;1-26(2,3)32-25(31)29-12-8-17(9-13-29)23-21-7-6-20(27)16-19(21)15-18(10-14-30)22-5-4-11-28-24(22)23/h4-7,12,15-17,23H,8-11,13-14H2,1-3H3;4-7,11,15-17,23,30H,8-10,12-14H2,1-3H3. The number of hydrogen-bond acceptors (Lipinski definition) is 7. The molecule has 2 aromatic carbocycles. The molecule has 2 saturated heterocycles. The van der Waals surface area contributed by atoms with Crippen molar-refractivity contribution in [2.45, 2.75) is 103 Å². The highest BCUT2D eigenvalue weighted by molar-refractivity contribution is 14.1. The molecule has 2 unspecified atom stereocenters. The average molecular weight is 1020 g/mol. The molecule has 340 valence electrons. The molecule has 2 atom stereocenters. The van der Waals surface area contributed by atoms with Gasteiger partial charge >= 0.3 is 12.2 Å². The monoisotopic (exact) mass is 1020 g/mol. The van der Waals surface area contributed by atoms with Crippen molar-refractivity contribution in [3.8, 4) is 0 Å². The summed E-state index contributed by atoms with van der Waals surface area (Å²) >= 11 is 15.2. The molecule has 12 heteroatoms. The molecule has 2 amide bonds. The minimum absolute atomic E-state index is 0.0784. The summed E-state index contributed by atoms with van der Waals surface area (Å²) in [6, 6.07) is 20.6. The highest BCUT2D eigenvalue weighted by atomic mass is 127. The van der Waals surface area contributed by atoms with Crippen LogP contribution in [0.25, 0.3) is 23.3 Å². The van der Waals surface area contributed by atoms with E-state index < -0.39 is 11.2 Å². The van der Waals surface area contributed by atoms with Crippen LogP contribution in [0.5, 0.6) is 0 Å². The molecule has 0 bridgehead atoms. The van der Waals surface area contributed by atoms with Crippen molar-refractivity contribution in [3.63, 3.8) is 0 Å². The van der Waals surface area contributed by atoms with E-state index in [4.69, 9.17) is 42.6 Å². The van der Waals surface area contributed by atoms with Crippen molar-refractivity contribution in [3.05, 3.63) is 128 Å². The fraction of sp³-hybridized carbons (Fsp3) is 0.462. The fourth-order valence-electron chi connectivity index (χ4n) is 9.68. The quantitative estimate of drug-likeness (QED) is 0.151. The van der Waals surface area contributed by atoms with E-state index in [0.717, 1.165) is 69.6 Å². The van der Waals surface area contributed by atoms with E-state index in [-0.39, 0.29) is 30.6 Å². The van der Waals surface area contributed by atoms with Gasteiger partial charge in [0, 0.05) is 71.5 Å². The van der Waals surface area contributed by atoms with Gasteiger partial charge in [-0.15, -0.1) is 0 Å². The zero-order valence-corrected chi connectivity index (χ0v) is 41.5. The minimum atomic E-state index is -0.495. The van der Waals surface area contributed by atoms with Crippen LogP contribution in [0.1, 0.15) is 137 Å². The molecule has 2 aromatic heterocycles. The van der Waals surface area contributed by atoms with Gasteiger partial charge in [-0.3, -0.25) is 9.97 Å². The first kappa shape index (κ1) is 48.0. The molecule has 9 nitrogen and oxygen atoms in total. The van der Waals surface area contributed by atoms with Gasteiger partial charge in [0.2, 0.25) is 0 Å². The van der Waals surface area contributed by atoms with E-state index in [2.05, 4.69) is 65.1 Å². The molecule has 4 aliphatic rings.